The van der Waals surface area contributed by atoms with Crippen LogP contribution in [-0.2, 0) is 0 Å². The van der Waals surface area contributed by atoms with Gasteiger partial charge in [-0.2, -0.15) is 0 Å². The number of benzene rings is 2. The van der Waals surface area contributed by atoms with Gasteiger partial charge in [0.15, 0.2) is 11.5 Å². The Kier molecular flexibility index (Phi) is 4.06. The molecule has 1 aliphatic rings. The van der Waals surface area contributed by atoms with Crippen molar-refractivity contribution in [1.29, 1.82) is 0 Å². The van der Waals surface area contributed by atoms with Gasteiger partial charge in [-0.1, -0.05) is 29.8 Å². The molecule has 3 nitrogen and oxygen atoms in total. The zero-order valence-electron chi connectivity index (χ0n) is 10.9. The lowest BCUT2D eigenvalue weighted by molar-refractivity contribution is 0.169. The zero-order chi connectivity index (χ0) is 15.0. The average molecular weight is 373 g/mol. The van der Waals surface area contributed by atoms with E-state index < -0.39 is 11.9 Å². The molecule has 1 unspecified atom stereocenters. The lowest BCUT2D eigenvalue weighted by atomic mass is 9.97. The van der Waals surface area contributed by atoms with Crippen LogP contribution in [0, 0.1) is 5.82 Å². The summed E-state index contributed by atoms with van der Waals surface area (Å²) in [6, 6.07) is 8.00. The van der Waals surface area contributed by atoms with Gasteiger partial charge < -0.3 is 15.2 Å². The SMILES string of the molecule is NC(c1ccc(Br)c(Cl)c1F)c1cccc2c1OCCO2. The van der Waals surface area contributed by atoms with Crippen molar-refractivity contribution >= 4 is 27.5 Å². The summed E-state index contributed by atoms with van der Waals surface area (Å²) in [7, 11) is 0. The van der Waals surface area contributed by atoms with Crippen LogP contribution < -0.4 is 15.2 Å². The minimum atomic E-state index is -0.688. The van der Waals surface area contributed by atoms with Crippen LogP contribution in [0.2, 0.25) is 5.02 Å². The lowest BCUT2D eigenvalue weighted by Crippen LogP contribution is -2.20. The van der Waals surface area contributed by atoms with Gasteiger partial charge in [-0.15, -0.1) is 0 Å². The Morgan fingerprint density at radius 3 is 2.71 bits per heavy atom. The predicted molar refractivity (Wildman–Crippen MR) is 82.6 cm³/mol. The van der Waals surface area contributed by atoms with E-state index in [1.54, 1.807) is 30.3 Å². The molecule has 0 spiro atoms. The van der Waals surface area contributed by atoms with E-state index in [-0.39, 0.29) is 5.02 Å². The standard InChI is InChI=1S/C15H12BrClFNO2/c16-10-5-4-8(13(18)12(10)17)14(19)9-2-1-3-11-15(9)21-7-6-20-11/h1-5,14H,6-7,19H2. The van der Waals surface area contributed by atoms with Gasteiger partial charge in [-0.05, 0) is 28.1 Å². The summed E-state index contributed by atoms with van der Waals surface area (Å²) < 4.78 is 25.9. The maximum absolute atomic E-state index is 14.3. The molecule has 2 aromatic carbocycles. The molecule has 0 saturated heterocycles. The number of para-hydroxylation sites is 1. The van der Waals surface area contributed by atoms with Gasteiger partial charge in [-0.25, -0.2) is 4.39 Å². The van der Waals surface area contributed by atoms with Crippen LogP contribution >= 0.6 is 27.5 Å². The second-order valence-electron chi connectivity index (χ2n) is 4.61. The van der Waals surface area contributed by atoms with Crippen LogP contribution in [-0.4, -0.2) is 13.2 Å². The summed E-state index contributed by atoms with van der Waals surface area (Å²) in [5, 5.41) is 0.0184. The fraction of sp³-hybridized carbons (Fsp3) is 0.200. The van der Waals surface area contributed by atoms with E-state index in [4.69, 9.17) is 26.8 Å². The largest absolute Gasteiger partial charge is 0.486 e. The fourth-order valence-electron chi connectivity index (χ4n) is 2.29. The van der Waals surface area contributed by atoms with Crippen molar-refractivity contribution < 1.29 is 13.9 Å². The van der Waals surface area contributed by atoms with Gasteiger partial charge in [0.2, 0.25) is 0 Å². The predicted octanol–water partition coefficient (Wildman–Crippen LogP) is 4.06. The third-order valence-electron chi connectivity index (χ3n) is 3.33. The molecule has 2 N–H and O–H groups in total. The van der Waals surface area contributed by atoms with Crippen molar-refractivity contribution in [2.45, 2.75) is 6.04 Å². The number of ether oxygens (including phenoxy) is 2. The van der Waals surface area contributed by atoms with Gasteiger partial charge >= 0.3 is 0 Å². The minimum absolute atomic E-state index is 0.0184. The summed E-state index contributed by atoms with van der Waals surface area (Å²) in [5.41, 5.74) is 7.19. The first kappa shape index (κ1) is 14.6. The first-order valence-electron chi connectivity index (χ1n) is 6.37. The Morgan fingerprint density at radius 2 is 1.90 bits per heavy atom. The van der Waals surface area contributed by atoms with E-state index >= 15 is 0 Å². The van der Waals surface area contributed by atoms with E-state index in [1.807, 2.05) is 0 Å². The number of hydrogen-bond acceptors (Lipinski definition) is 3. The number of rotatable bonds is 2. The summed E-state index contributed by atoms with van der Waals surface area (Å²) in [4.78, 5) is 0. The first-order chi connectivity index (χ1) is 10.1. The smallest absolute Gasteiger partial charge is 0.166 e. The maximum atomic E-state index is 14.3. The van der Waals surface area contributed by atoms with Crippen molar-refractivity contribution in [1.82, 2.24) is 0 Å². The molecule has 0 aromatic heterocycles. The molecule has 1 heterocycles. The third-order valence-corrected chi connectivity index (χ3v) is 4.59. The molecule has 0 saturated carbocycles. The van der Waals surface area contributed by atoms with Gasteiger partial charge in [0.25, 0.3) is 0 Å². The number of fused-ring (bicyclic) bond motifs is 1. The molecule has 3 rings (SSSR count). The van der Waals surface area contributed by atoms with Crippen LogP contribution in [0.3, 0.4) is 0 Å². The van der Waals surface area contributed by atoms with Crippen LogP contribution in [0.1, 0.15) is 17.2 Å². The molecular weight excluding hydrogens is 361 g/mol. The van der Waals surface area contributed by atoms with Crippen molar-refractivity contribution in [3.05, 3.63) is 56.8 Å². The quantitative estimate of drug-likeness (QED) is 0.809. The molecule has 2 aromatic rings. The Hall–Kier alpha value is -1.30. The molecule has 1 atom stereocenters. The number of halogens is 3. The normalized spacial score (nSPS) is 14.9. The lowest BCUT2D eigenvalue weighted by Gasteiger charge is -2.24. The van der Waals surface area contributed by atoms with E-state index in [0.29, 0.717) is 40.3 Å². The molecule has 1 aliphatic heterocycles. The van der Waals surface area contributed by atoms with Crippen LogP contribution in [0.25, 0.3) is 0 Å². The van der Waals surface area contributed by atoms with Crippen molar-refractivity contribution in [3.63, 3.8) is 0 Å². The van der Waals surface area contributed by atoms with Crippen LogP contribution in [0.4, 0.5) is 4.39 Å². The molecule has 0 bridgehead atoms. The maximum Gasteiger partial charge on any atom is 0.166 e. The molecule has 0 amide bonds. The summed E-state index contributed by atoms with van der Waals surface area (Å²) >= 11 is 9.11. The highest BCUT2D eigenvalue weighted by atomic mass is 79.9. The highest BCUT2D eigenvalue weighted by molar-refractivity contribution is 9.10. The van der Waals surface area contributed by atoms with Gasteiger partial charge in [-0.3, -0.25) is 0 Å². The average Bonchev–Trinajstić information content (AvgIpc) is 2.51. The van der Waals surface area contributed by atoms with E-state index in [2.05, 4.69) is 15.9 Å². The Bertz CT molecular complexity index is 696. The van der Waals surface area contributed by atoms with Gasteiger partial charge in [0.05, 0.1) is 11.1 Å². The van der Waals surface area contributed by atoms with Gasteiger partial charge in [0.1, 0.15) is 19.0 Å². The minimum Gasteiger partial charge on any atom is -0.486 e. The van der Waals surface area contributed by atoms with E-state index in [1.165, 1.54) is 0 Å². The first-order valence-corrected chi connectivity index (χ1v) is 7.54. The molecule has 0 radical (unpaired) electrons. The van der Waals surface area contributed by atoms with Crippen molar-refractivity contribution in [3.8, 4) is 11.5 Å². The molecule has 0 aliphatic carbocycles. The van der Waals surface area contributed by atoms with Crippen LogP contribution in [0.15, 0.2) is 34.8 Å². The highest BCUT2D eigenvalue weighted by Crippen LogP contribution is 2.40. The third kappa shape index (κ3) is 2.61. The Morgan fingerprint density at radius 1 is 1.14 bits per heavy atom. The second kappa shape index (κ2) is 5.83. The molecule has 21 heavy (non-hydrogen) atoms. The fourth-order valence-corrected chi connectivity index (χ4v) is 2.77. The van der Waals surface area contributed by atoms with E-state index in [0.717, 1.165) is 0 Å². The second-order valence-corrected chi connectivity index (χ2v) is 5.85. The van der Waals surface area contributed by atoms with E-state index in [9.17, 15) is 4.39 Å². The summed E-state index contributed by atoms with van der Waals surface area (Å²) in [6.45, 7) is 0.935. The zero-order valence-corrected chi connectivity index (χ0v) is 13.2. The monoisotopic (exact) mass is 371 g/mol. The van der Waals surface area contributed by atoms with Crippen LogP contribution in [0.5, 0.6) is 11.5 Å². The molecule has 110 valence electrons. The molecule has 0 fully saturated rings. The topological polar surface area (TPSA) is 44.5 Å². The molecular formula is C15H12BrClFNO2. The summed E-state index contributed by atoms with van der Waals surface area (Å²) in [5.74, 6) is 0.653. The van der Waals surface area contributed by atoms with Crippen molar-refractivity contribution in [2.75, 3.05) is 13.2 Å². The van der Waals surface area contributed by atoms with Crippen molar-refractivity contribution in [2.24, 2.45) is 5.73 Å². The number of nitrogens with two attached hydrogens (primary N) is 1. The highest BCUT2D eigenvalue weighted by Gasteiger charge is 2.24. The van der Waals surface area contributed by atoms with Gasteiger partial charge in [0, 0.05) is 15.6 Å². The summed E-state index contributed by atoms with van der Waals surface area (Å²) in [6.07, 6.45) is 0. The number of hydrogen-bond donors (Lipinski definition) is 1. The Labute approximate surface area is 134 Å². The molecule has 6 heteroatoms. The Balaban J connectivity index is 2.07.